The molecule has 3 rings (SSSR count). The minimum atomic E-state index is 0.511. The summed E-state index contributed by atoms with van der Waals surface area (Å²) in [4.78, 5) is 13.7. The Hall–Kier alpha value is -1.20. The Morgan fingerprint density at radius 1 is 1.17 bits per heavy atom. The quantitative estimate of drug-likeness (QED) is 0.848. The predicted molar refractivity (Wildman–Crippen MR) is 71.3 cm³/mol. The summed E-state index contributed by atoms with van der Waals surface area (Å²) < 4.78 is 0. The van der Waals surface area contributed by atoms with Gasteiger partial charge in [0.15, 0.2) is 0 Å². The largest absolute Gasteiger partial charge is 0.339 e. The predicted octanol–water partition coefficient (Wildman–Crippen LogP) is 0.610. The highest BCUT2D eigenvalue weighted by atomic mass is 15.3. The molecule has 0 aromatic carbocycles. The topological polar surface area (TPSA) is 58.3 Å². The van der Waals surface area contributed by atoms with Crippen molar-refractivity contribution in [1.82, 2.24) is 14.9 Å². The van der Waals surface area contributed by atoms with Crippen LogP contribution in [0.15, 0.2) is 12.4 Å². The standard InChI is InChI=1S/C13H21N5/c14-7-11-8-15-13(16-9-11)18-6-3-12(10-18)17-4-1-2-5-17/h8-9,12H,1-7,10,14H2. The molecule has 1 aromatic rings. The molecule has 0 radical (unpaired) electrons. The van der Waals surface area contributed by atoms with Crippen LogP contribution >= 0.6 is 0 Å². The van der Waals surface area contributed by atoms with Gasteiger partial charge in [0.05, 0.1) is 0 Å². The number of aromatic nitrogens is 2. The van der Waals surface area contributed by atoms with Crippen molar-refractivity contribution in [3.8, 4) is 0 Å². The van der Waals surface area contributed by atoms with E-state index in [0.29, 0.717) is 12.6 Å². The molecule has 1 aromatic heterocycles. The first kappa shape index (κ1) is 11.9. The van der Waals surface area contributed by atoms with Gasteiger partial charge in [-0.15, -0.1) is 0 Å². The number of nitrogens with zero attached hydrogens (tertiary/aromatic N) is 4. The van der Waals surface area contributed by atoms with Crippen LogP contribution in [-0.4, -0.2) is 47.1 Å². The van der Waals surface area contributed by atoms with E-state index in [0.717, 1.165) is 24.6 Å². The van der Waals surface area contributed by atoms with Gasteiger partial charge >= 0.3 is 0 Å². The van der Waals surface area contributed by atoms with Crippen molar-refractivity contribution in [2.24, 2.45) is 5.73 Å². The Kier molecular flexibility index (Phi) is 3.43. The molecule has 2 fully saturated rings. The summed E-state index contributed by atoms with van der Waals surface area (Å²) >= 11 is 0. The van der Waals surface area contributed by atoms with Crippen molar-refractivity contribution in [2.75, 3.05) is 31.1 Å². The van der Waals surface area contributed by atoms with Crippen molar-refractivity contribution in [3.05, 3.63) is 18.0 Å². The van der Waals surface area contributed by atoms with Gasteiger partial charge in [0.2, 0.25) is 5.95 Å². The summed E-state index contributed by atoms with van der Waals surface area (Å²) in [5.41, 5.74) is 6.55. The lowest BCUT2D eigenvalue weighted by Gasteiger charge is -2.23. The maximum atomic E-state index is 5.56. The molecule has 0 amide bonds. The monoisotopic (exact) mass is 247 g/mol. The number of nitrogens with two attached hydrogens (primary N) is 1. The minimum absolute atomic E-state index is 0.511. The third-order valence-electron chi connectivity index (χ3n) is 4.03. The van der Waals surface area contributed by atoms with Gasteiger partial charge in [-0.3, -0.25) is 4.90 Å². The van der Waals surface area contributed by atoms with Crippen molar-refractivity contribution < 1.29 is 0 Å². The Morgan fingerprint density at radius 2 is 1.89 bits per heavy atom. The smallest absolute Gasteiger partial charge is 0.225 e. The van der Waals surface area contributed by atoms with Gasteiger partial charge in [0.25, 0.3) is 0 Å². The van der Waals surface area contributed by atoms with Crippen molar-refractivity contribution in [2.45, 2.75) is 31.8 Å². The summed E-state index contributed by atoms with van der Waals surface area (Å²) in [7, 11) is 0. The lowest BCUT2D eigenvalue weighted by molar-refractivity contribution is 0.260. The summed E-state index contributed by atoms with van der Waals surface area (Å²) in [6.07, 6.45) is 7.63. The van der Waals surface area contributed by atoms with Crippen LogP contribution in [0.5, 0.6) is 0 Å². The van der Waals surface area contributed by atoms with Crippen LogP contribution in [0.2, 0.25) is 0 Å². The van der Waals surface area contributed by atoms with E-state index < -0.39 is 0 Å². The third-order valence-corrected chi connectivity index (χ3v) is 4.03. The van der Waals surface area contributed by atoms with Crippen LogP contribution in [0.3, 0.4) is 0 Å². The van der Waals surface area contributed by atoms with Gasteiger partial charge in [0.1, 0.15) is 0 Å². The van der Waals surface area contributed by atoms with Crippen molar-refractivity contribution in [1.29, 1.82) is 0 Å². The number of hydrogen-bond donors (Lipinski definition) is 1. The fourth-order valence-electron chi connectivity index (χ4n) is 2.94. The molecular weight excluding hydrogens is 226 g/mol. The summed E-state index contributed by atoms with van der Waals surface area (Å²) in [6.45, 7) is 5.19. The van der Waals surface area contributed by atoms with Crippen LogP contribution in [0.25, 0.3) is 0 Å². The van der Waals surface area contributed by atoms with Crippen molar-refractivity contribution in [3.63, 3.8) is 0 Å². The second-order valence-electron chi connectivity index (χ2n) is 5.23. The van der Waals surface area contributed by atoms with Crippen LogP contribution in [0.1, 0.15) is 24.8 Å². The molecule has 0 bridgehead atoms. The third kappa shape index (κ3) is 2.33. The fourth-order valence-corrected chi connectivity index (χ4v) is 2.94. The highest BCUT2D eigenvalue weighted by molar-refractivity contribution is 5.32. The van der Waals surface area contributed by atoms with E-state index in [9.17, 15) is 0 Å². The molecule has 2 aliphatic rings. The van der Waals surface area contributed by atoms with Gasteiger partial charge in [-0.25, -0.2) is 9.97 Å². The Labute approximate surface area is 108 Å². The zero-order chi connectivity index (χ0) is 12.4. The molecule has 2 N–H and O–H groups in total. The minimum Gasteiger partial charge on any atom is -0.339 e. The van der Waals surface area contributed by atoms with E-state index in [2.05, 4.69) is 19.8 Å². The van der Waals surface area contributed by atoms with Crippen LogP contribution < -0.4 is 10.6 Å². The lowest BCUT2D eigenvalue weighted by Crippen LogP contribution is -2.35. The van der Waals surface area contributed by atoms with Gasteiger partial charge in [-0.2, -0.15) is 0 Å². The molecule has 1 atom stereocenters. The SMILES string of the molecule is NCc1cnc(N2CCC(N3CCCC3)C2)nc1. The average molecular weight is 247 g/mol. The highest BCUT2D eigenvalue weighted by Crippen LogP contribution is 2.22. The first-order valence-corrected chi connectivity index (χ1v) is 6.87. The number of rotatable bonds is 3. The molecule has 3 heterocycles. The molecule has 1 unspecified atom stereocenters. The molecule has 98 valence electrons. The van der Waals surface area contributed by atoms with E-state index >= 15 is 0 Å². The van der Waals surface area contributed by atoms with E-state index in [-0.39, 0.29) is 0 Å². The second-order valence-corrected chi connectivity index (χ2v) is 5.23. The Balaban J connectivity index is 1.63. The van der Waals surface area contributed by atoms with E-state index in [1.807, 2.05) is 12.4 Å². The van der Waals surface area contributed by atoms with Gasteiger partial charge in [0, 0.05) is 43.6 Å². The van der Waals surface area contributed by atoms with E-state index in [1.165, 1.54) is 32.4 Å². The molecule has 0 spiro atoms. The van der Waals surface area contributed by atoms with E-state index in [1.54, 1.807) is 0 Å². The lowest BCUT2D eigenvalue weighted by atomic mass is 10.2. The molecule has 2 saturated heterocycles. The molecular formula is C13H21N5. The number of likely N-dealkylation sites (tertiary alicyclic amines) is 1. The van der Waals surface area contributed by atoms with Gasteiger partial charge in [-0.05, 0) is 32.4 Å². The Bertz CT molecular complexity index is 385. The van der Waals surface area contributed by atoms with Crippen LogP contribution in [0.4, 0.5) is 5.95 Å². The molecule has 0 saturated carbocycles. The first-order chi connectivity index (χ1) is 8.86. The van der Waals surface area contributed by atoms with Crippen LogP contribution in [0, 0.1) is 0 Å². The number of anilines is 1. The normalized spacial score (nSPS) is 24.9. The Morgan fingerprint density at radius 3 is 2.56 bits per heavy atom. The van der Waals surface area contributed by atoms with Crippen LogP contribution in [-0.2, 0) is 6.54 Å². The summed E-state index contributed by atoms with van der Waals surface area (Å²) in [5.74, 6) is 0.855. The van der Waals surface area contributed by atoms with Gasteiger partial charge < -0.3 is 10.6 Å². The summed E-state index contributed by atoms with van der Waals surface area (Å²) in [5, 5.41) is 0. The zero-order valence-corrected chi connectivity index (χ0v) is 10.8. The molecule has 0 aliphatic carbocycles. The fraction of sp³-hybridized carbons (Fsp3) is 0.692. The maximum absolute atomic E-state index is 5.56. The van der Waals surface area contributed by atoms with E-state index in [4.69, 9.17) is 5.73 Å². The average Bonchev–Trinajstić information content (AvgIpc) is 3.09. The molecule has 5 nitrogen and oxygen atoms in total. The van der Waals surface area contributed by atoms with Gasteiger partial charge in [-0.1, -0.05) is 0 Å². The highest BCUT2D eigenvalue weighted by Gasteiger charge is 2.30. The molecule has 18 heavy (non-hydrogen) atoms. The number of hydrogen-bond acceptors (Lipinski definition) is 5. The molecule has 2 aliphatic heterocycles. The summed E-state index contributed by atoms with van der Waals surface area (Å²) in [6, 6.07) is 0.699. The first-order valence-electron chi connectivity index (χ1n) is 6.87. The molecule has 5 heteroatoms. The van der Waals surface area contributed by atoms with Crippen molar-refractivity contribution >= 4 is 5.95 Å². The zero-order valence-electron chi connectivity index (χ0n) is 10.8. The maximum Gasteiger partial charge on any atom is 0.225 e. The second kappa shape index (κ2) is 5.20.